The molecule has 0 unspecified atom stereocenters. The topological polar surface area (TPSA) is 63.1 Å². The molecule has 1 aliphatic heterocycles. The summed E-state index contributed by atoms with van der Waals surface area (Å²) in [6.45, 7) is 0.352. The number of halogens is 2. The van der Waals surface area contributed by atoms with Crippen molar-refractivity contribution in [2.75, 3.05) is 19.6 Å². The maximum atomic E-state index is 14.0. The molecule has 1 aromatic heterocycles. The number of hydrogen-bond donors (Lipinski definition) is 1. The van der Waals surface area contributed by atoms with Gasteiger partial charge >= 0.3 is 6.03 Å². The first kappa shape index (κ1) is 14.8. The Morgan fingerprint density at radius 1 is 1.13 bits per heavy atom. The molecule has 6 nitrogen and oxygen atoms in total. The second-order valence-electron chi connectivity index (χ2n) is 7.44. The number of rotatable bonds is 3. The van der Waals surface area contributed by atoms with Crippen LogP contribution in [0.5, 0.6) is 0 Å². The number of piperidine rings is 1. The van der Waals surface area contributed by atoms with E-state index in [1.54, 1.807) is 17.2 Å². The number of carbonyl (C=O) groups excluding carboxylic acids is 1. The SMILES string of the molecule is O=C(NCC1(n2nccn2)CC1)N1CC(F)(F)CC2(CCC2)C1. The molecule has 3 aliphatic rings. The fraction of sp³-hybridized carbons (Fsp3) is 0.800. The van der Waals surface area contributed by atoms with Crippen LogP contribution < -0.4 is 5.32 Å². The second kappa shape index (κ2) is 4.88. The van der Waals surface area contributed by atoms with Crippen LogP contribution in [0, 0.1) is 5.41 Å². The molecule has 4 rings (SSSR count). The van der Waals surface area contributed by atoms with Crippen molar-refractivity contribution in [3.05, 3.63) is 12.4 Å². The van der Waals surface area contributed by atoms with Crippen molar-refractivity contribution in [1.82, 2.24) is 25.2 Å². The summed E-state index contributed by atoms with van der Waals surface area (Å²) in [4.78, 5) is 15.3. The molecule has 126 valence electrons. The van der Waals surface area contributed by atoms with Gasteiger partial charge in [0.25, 0.3) is 5.92 Å². The molecule has 3 fully saturated rings. The highest BCUT2D eigenvalue weighted by atomic mass is 19.3. The third-order valence-corrected chi connectivity index (χ3v) is 5.52. The summed E-state index contributed by atoms with van der Waals surface area (Å²) in [6.07, 6.45) is 7.50. The Kier molecular flexibility index (Phi) is 3.15. The van der Waals surface area contributed by atoms with Gasteiger partial charge in [0.2, 0.25) is 0 Å². The number of alkyl halides is 2. The number of nitrogens with zero attached hydrogens (tertiary/aromatic N) is 4. The van der Waals surface area contributed by atoms with Crippen molar-refractivity contribution >= 4 is 6.03 Å². The zero-order chi connectivity index (χ0) is 16.1. The molecule has 2 heterocycles. The highest BCUT2D eigenvalue weighted by molar-refractivity contribution is 5.74. The Bertz CT molecular complexity index is 595. The van der Waals surface area contributed by atoms with E-state index in [4.69, 9.17) is 0 Å². The highest BCUT2D eigenvalue weighted by Gasteiger charge is 2.53. The largest absolute Gasteiger partial charge is 0.335 e. The number of nitrogens with one attached hydrogen (secondary N) is 1. The number of carbonyl (C=O) groups is 1. The van der Waals surface area contributed by atoms with E-state index in [2.05, 4.69) is 15.5 Å². The van der Waals surface area contributed by atoms with Gasteiger partial charge in [-0.25, -0.2) is 13.6 Å². The minimum absolute atomic E-state index is 0.0784. The van der Waals surface area contributed by atoms with Crippen molar-refractivity contribution < 1.29 is 13.6 Å². The minimum Gasteiger partial charge on any atom is -0.335 e. The quantitative estimate of drug-likeness (QED) is 0.924. The van der Waals surface area contributed by atoms with Gasteiger partial charge in [-0.1, -0.05) is 6.42 Å². The van der Waals surface area contributed by atoms with Gasteiger partial charge in [-0.2, -0.15) is 15.0 Å². The monoisotopic (exact) mass is 325 g/mol. The van der Waals surface area contributed by atoms with Gasteiger partial charge in [0, 0.05) is 19.5 Å². The maximum Gasteiger partial charge on any atom is 0.317 e. The zero-order valence-electron chi connectivity index (χ0n) is 13.0. The van der Waals surface area contributed by atoms with Crippen LogP contribution in [0.4, 0.5) is 13.6 Å². The van der Waals surface area contributed by atoms with Crippen LogP contribution in [-0.4, -0.2) is 51.5 Å². The van der Waals surface area contributed by atoms with Crippen molar-refractivity contribution in [1.29, 1.82) is 0 Å². The molecule has 0 atom stereocenters. The predicted octanol–water partition coefficient (Wildman–Crippen LogP) is 1.99. The molecule has 1 saturated heterocycles. The number of amides is 2. The smallest absolute Gasteiger partial charge is 0.317 e. The van der Waals surface area contributed by atoms with Gasteiger partial charge < -0.3 is 10.2 Å². The predicted molar refractivity (Wildman–Crippen MR) is 78.0 cm³/mol. The van der Waals surface area contributed by atoms with E-state index in [0.29, 0.717) is 13.1 Å². The third kappa shape index (κ3) is 2.68. The zero-order valence-corrected chi connectivity index (χ0v) is 13.0. The normalized spacial score (nSPS) is 26.6. The Labute approximate surface area is 133 Å². The van der Waals surface area contributed by atoms with Gasteiger partial charge in [0.05, 0.1) is 24.5 Å². The molecular weight excluding hydrogens is 304 g/mol. The van der Waals surface area contributed by atoms with E-state index in [1.807, 2.05) is 0 Å². The van der Waals surface area contributed by atoms with Crippen LogP contribution in [0.25, 0.3) is 0 Å². The molecular formula is C15H21F2N5O. The van der Waals surface area contributed by atoms with Crippen molar-refractivity contribution in [3.8, 4) is 0 Å². The first-order chi connectivity index (χ1) is 10.9. The molecule has 1 N–H and O–H groups in total. The summed E-state index contributed by atoms with van der Waals surface area (Å²) in [5, 5.41) is 11.1. The van der Waals surface area contributed by atoms with Gasteiger partial charge in [0.15, 0.2) is 0 Å². The summed E-state index contributed by atoms with van der Waals surface area (Å²) in [5.41, 5.74) is -0.633. The van der Waals surface area contributed by atoms with Crippen molar-refractivity contribution in [3.63, 3.8) is 0 Å². The molecule has 0 bridgehead atoms. The van der Waals surface area contributed by atoms with E-state index in [1.165, 1.54) is 4.90 Å². The van der Waals surface area contributed by atoms with Crippen molar-refractivity contribution in [2.24, 2.45) is 5.41 Å². The van der Waals surface area contributed by atoms with Crippen molar-refractivity contribution in [2.45, 2.75) is 50.0 Å². The van der Waals surface area contributed by atoms with E-state index in [9.17, 15) is 13.6 Å². The van der Waals surface area contributed by atoms with Crippen LogP contribution in [0.2, 0.25) is 0 Å². The third-order valence-electron chi connectivity index (χ3n) is 5.52. The summed E-state index contributed by atoms with van der Waals surface area (Å²) in [7, 11) is 0. The van der Waals surface area contributed by atoms with E-state index in [-0.39, 0.29) is 17.4 Å². The molecule has 1 aromatic rings. The fourth-order valence-corrected chi connectivity index (χ4v) is 3.96. The first-order valence-electron chi connectivity index (χ1n) is 8.20. The molecule has 2 saturated carbocycles. The van der Waals surface area contributed by atoms with Crippen LogP contribution in [0.1, 0.15) is 38.5 Å². The highest BCUT2D eigenvalue weighted by Crippen LogP contribution is 2.51. The van der Waals surface area contributed by atoms with E-state index in [0.717, 1.165) is 32.1 Å². The molecule has 2 amide bonds. The van der Waals surface area contributed by atoms with Crippen LogP contribution >= 0.6 is 0 Å². The second-order valence-corrected chi connectivity index (χ2v) is 7.44. The van der Waals surface area contributed by atoms with Crippen LogP contribution in [-0.2, 0) is 5.54 Å². The maximum absolute atomic E-state index is 14.0. The summed E-state index contributed by atoms with van der Waals surface area (Å²) < 4.78 is 28.0. The fourth-order valence-electron chi connectivity index (χ4n) is 3.96. The average Bonchev–Trinajstić information content (AvgIpc) is 3.04. The first-order valence-corrected chi connectivity index (χ1v) is 8.20. The summed E-state index contributed by atoms with van der Waals surface area (Å²) in [5.74, 6) is -2.78. The van der Waals surface area contributed by atoms with Gasteiger partial charge in [0.1, 0.15) is 0 Å². The van der Waals surface area contributed by atoms with E-state index < -0.39 is 18.5 Å². The molecule has 0 aromatic carbocycles. The van der Waals surface area contributed by atoms with Gasteiger partial charge in [-0.05, 0) is 31.1 Å². The lowest BCUT2D eigenvalue weighted by Gasteiger charge is -2.51. The van der Waals surface area contributed by atoms with Crippen LogP contribution in [0.3, 0.4) is 0 Å². The van der Waals surface area contributed by atoms with Crippen LogP contribution in [0.15, 0.2) is 12.4 Å². The van der Waals surface area contributed by atoms with Gasteiger partial charge in [-0.15, -0.1) is 0 Å². The Morgan fingerprint density at radius 3 is 2.39 bits per heavy atom. The number of urea groups is 1. The Balaban J connectivity index is 1.39. The molecule has 2 aliphatic carbocycles. The lowest BCUT2D eigenvalue weighted by Crippen LogP contribution is -2.59. The molecule has 23 heavy (non-hydrogen) atoms. The molecule has 0 radical (unpaired) electrons. The molecule has 8 heteroatoms. The lowest BCUT2D eigenvalue weighted by atomic mass is 9.63. The standard InChI is InChI=1S/C15H21F2N5O/c16-15(17)8-13(2-1-3-13)10-21(11-15)12(23)18-9-14(4-5-14)22-19-6-7-20-22/h6-7H,1-5,8-11H2,(H,18,23). The molecule has 1 spiro atoms. The van der Waals surface area contributed by atoms with Gasteiger partial charge in [-0.3, -0.25) is 0 Å². The minimum atomic E-state index is -2.78. The summed E-state index contributed by atoms with van der Waals surface area (Å²) in [6, 6.07) is -0.394. The number of hydrogen-bond acceptors (Lipinski definition) is 3. The van der Waals surface area contributed by atoms with E-state index >= 15 is 0 Å². The Hall–Kier alpha value is -1.73. The summed E-state index contributed by atoms with van der Waals surface area (Å²) >= 11 is 0. The number of aromatic nitrogens is 3. The Morgan fingerprint density at radius 2 is 1.83 bits per heavy atom. The average molecular weight is 325 g/mol. The lowest BCUT2D eigenvalue weighted by molar-refractivity contribution is -0.126. The number of likely N-dealkylation sites (tertiary alicyclic amines) is 1.